The van der Waals surface area contributed by atoms with E-state index in [0.29, 0.717) is 22.8 Å². The van der Waals surface area contributed by atoms with Crippen molar-refractivity contribution in [3.8, 4) is 11.8 Å². The molecule has 0 bridgehead atoms. The van der Waals surface area contributed by atoms with Gasteiger partial charge in [0.2, 0.25) is 0 Å². The lowest BCUT2D eigenvalue weighted by Gasteiger charge is -2.12. The average Bonchev–Trinajstić information content (AvgIpc) is 2.72. The first-order chi connectivity index (χ1) is 14.4. The van der Waals surface area contributed by atoms with Crippen molar-refractivity contribution in [3.05, 3.63) is 99.6 Å². The van der Waals surface area contributed by atoms with Gasteiger partial charge in [0.25, 0.3) is 5.69 Å². The molecule has 0 aliphatic rings. The lowest BCUT2D eigenvalue weighted by Crippen LogP contribution is -1.99. The van der Waals surface area contributed by atoms with E-state index in [1.54, 1.807) is 18.2 Å². The lowest BCUT2D eigenvalue weighted by molar-refractivity contribution is -0.384. The first kappa shape index (κ1) is 22.5. The molecule has 0 saturated heterocycles. The molecule has 3 aromatic carbocycles. The van der Waals surface area contributed by atoms with Crippen LogP contribution < -0.4 is 4.74 Å². The third-order valence-corrected chi connectivity index (χ3v) is 5.97. The first-order valence-electron chi connectivity index (χ1n) is 8.60. The van der Waals surface area contributed by atoms with Gasteiger partial charge in [-0.1, -0.05) is 35.9 Å². The quantitative estimate of drug-likeness (QED) is 0.0946. The monoisotopic (exact) mass is 642 g/mol. The number of non-ortho nitro benzene ring substituents is 1. The number of nitro groups is 1. The molecule has 0 radical (unpaired) electrons. The van der Waals surface area contributed by atoms with Gasteiger partial charge in [0, 0.05) is 17.2 Å². The lowest BCUT2D eigenvalue weighted by atomic mass is 10.0. The molecule has 0 spiro atoms. The van der Waals surface area contributed by atoms with E-state index in [-0.39, 0.29) is 5.69 Å². The molecule has 30 heavy (non-hydrogen) atoms. The van der Waals surface area contributed by atoms with E-state index in [1.807, 2.05) is 36.4 Å². The topological polar surface area (TPSA) is 76.2 Å². The summed E-state index contributed by atoms with van der Waals surface area (Å²) in [7, 11) is 0. The Hall–Kier alpha value is -2.16. The van der Waals surface area contributed by atoms with E-state index in [9.17, 15) is 15.4 Å². The van der Waals surface area contributed by atoms with Crippen LogP contribution in [0.5, 0.6) is 5.75 Å². The Morgan fingerprint density at radius 3 is 2.40 bits per heavy atom. The molecule has 3 aromatic rings. The van der Waals surface area contributed by atoms with Crippen molar-refractivity contribution in [2.24, 2.45) is 0 Å². The molecule has 0 aliphatic heterocycles. The van der Waals surface area contributed by atoms with Crippen LogP contribution in [0.25, 0.3) is 11.6 Å². The number of ether oxygens (including phenoxy) is 1. The number of hydrogen-bond acceptors (Lipinski definition) is 4. The van der Waals surface area contributed by atoms with E-state index < -0.39 is 4.92 Å². The van der Waals surface area contributed by atoms with Crippen molar-refractivity contribution in [1.82, 2.24) is 0 Å². The smallest absolute Gasteiger partial charge is 0.270 e. The largest absolute Gasteiger partial charge is 0.487 e. The fourth-order valence-corrected chi connectivity index (χ4v) is 4.92. The van der Waals surface area contributed by atoms with Gasteiger partial charge in [-0.3, -0.25) is 10.1 Å². The number of nitrogens with zero attached hydrogens (tertiary/aromatic N) is 2. The Kier molecular flexibility index (Phi) is 7.69. The van der Waals surface area contributed by atoms with Crippen LogP contribution in [0.4, 0.5) is 5.69 Å². The van der Waals surface area contributed by atoms with Crippen LogP contribution in [0.15, 0.2) is 60.7 Å². The summed E-state index contributed by atoms with van der Waals surface area (Å²) < 4.78 is 7.79. The minimum Gasteiger partial charge on any atom is -0.487 e. The number of halogens is 3. The molecular formula is C22H13ClI2N2O3. The van der Waals surface area contributed by atoms with E-state index in [0.717, 1.165) is 24.0 Å². The molecule has 0 aliphatic carbocycles. The van der Waals surface area contributed by atoms with E-state index >= 15 is 0 Å². The van der Waals surface area contributed by atoms with Crippen LogP contribution in [-0.2, 0) is 6.61 Å². The normalized spacial score (nSPS) is 11.1. The van der Waals surface area contributed by atoms with Crippen molar-refractivity contribution in [3.63, 3.8) is 0 Å². The summed E-state index contributed by atoms with van der Waals surface area (Å²) in [5.41, 5.74) is 2.61. The maximum atomic E-state index is 11.0. The maximum Gasteiger partial charge on any atom is 0.270 e. The van der Waals surface area contributed by atoms with Gasteiger partial charge in [-0.25, -0.2) is 0 Å². The molecule has 3 rings (SSSR count). The summed E-state index contributed by atoms with van der Waals surface area (Å²) in [5.74, 6) is 0.761. The van der Waals surface area contributed by atoms with Gasteiger partial charge in [-0.15, -0.1) is 0 Å². The van der Waals surface area contributed by atoms with Crippen molar-refractivity contribution >= 4 is 74.1 Å². The standard InChI is InChI=1S/C22H13ClI2N2O3/c23-18-6-4-14(5-7-18)13-30-22-20(24)9-15(10-21(22)25)8-17(12-26)16-2-1-3-19(11-16)27(28)29/h1-11H,13H2/b17-8-. The zero-order chi connectivity index (χ0) is 21.7. The first-order valence-corrected chi connectivity index (χ1v) is 11.1. The van der Waals surface area contributed by atoms with Gasteiger partial charge in [-0.2, -0.15) is 5.26 Å². The minimum atomic E-state index is -0.475. The molecule has 0 saturated carbocycles. The summed E-state index contributed by atoms with van der Waals surface area (Å²) >= 11 is 10.3. The number of benzene rings is 3. The van der Waals surface area contributed by atoms with Crippen LogP contribution in [-0.4, -0.2) is 4.92 Å². The highest BCUT2D eigenvalue weighted by molar-refractivity contribution is 14.1. The maximum absolute atomic E-state index is 11.0. The summed E-state index contributed by atoms with van der Waals surface area (Å²) in [6.07, 6.45) is 1.71. The molecule has 0 N–H and O–H groups in total. The molecule has 8 heteroatoms. The van der Waals surface area contributed by atoms with Crippen LogP contribution in [0.1, 0.15) is 16.7 Å². The molecule has 0 heterocycles. The average molecular weight is 643 g/mol. The third-order valence-electron chi connectivity index (χ3n) is 4.12. The van der Waals surface area contributed by atoms with Gasteiger partial charge < -0.3 is 4.74 Å². The third kappa shape index (κ3) is 5.71. The predicted molar refractivity (Wildman–Crippen MR) is 134 cm³/mol. The van der Waals surface area contributed by atoms with Gasteiger partial charge in [0.05, 0.1) is 23.7 Å². The fraction of sp³-hybridized carbons (Fsp3) is 0.0455. The highest BCUT2D eigenvalue weighted by Gasteiger charge is 2.12. The van der Waals surface area contributed by atoms with E-state index in [2.05, 4.69) is 51.3 Å². The summed E-state index contributed by atoms with van der Waals surface area (Å²) in [6, 6.07) is 19.5. The molecule has 0 aromatic heterocycles. The molecule has 0 unspecified atom stereocenters. The second-order valence-electron chi connectivity index (χ2n) is 6.21. The summed E-state index contributed by atoms with van der Waals surface area (Å²) in [4.78, 5) is 10.5. The Bertz CT molecular complexity index is 1150. The molecule has 150 valence electrons. The Morgan fingerprint density at radius 1 is 1.13 bits per heavy atom. The van der Waals surface area contributed by atoms with Gasteiger partial charge in [-0.05, 0) is 92.2 Å². The van der Waals surface area contributed by atoms with Crippen LogP contribution in [0.2, 0.25) is 5.02 Å². The molecule has 0 fully saturated rings. The highest BCUT2D eigenvalue weighted by Crippen LogP contribution is 2.31. The fourth-order valence-electron chi connectivity index (χ4n) is 2.67. The number of allylic oxidation sites excluding steroid dienone is 1. The van der Waals surface area contributed by atoms with Crippen molar-refractivity contribution in [1.29, 1.82) is 5.26 Å². The van der Waals surface area contributed by atoms with Gasteiger partial charge >= 0.3 is 0 Å². The molecular weight excluding hydrogens is 630 g/mol. The van der Waals surface area contributed by atoms with Crippen molar-refractivity contribution in [2.75, 3.05) is 0 Å². The zero-order valence-corrected chi connectivity index (χ0v) is 20.4. The Balaban J connectivity index is 1.86. The molecule has 5 nitrogen and oxygen atoms in total. The predicted octanol–water partition coefficient (Wildman–Crippen LogP) is 7.10. The second kappa shape index (κ2) is 10.2. The number of rotatable bonds is 6. The SMILES string of the molecule is N#C/C(=C/c1cc(I)c(OCc2ccc(Cl)cc2)c(I)c1)c1cccc([N+](=O)[O-])c1. The zero-order valence-electron chi connectivity index (χ0n) is 15.3. The summed E-state index contributed by atoms with van der Waals surface area (Å²) in [5, 5.41) is 21.3. The van der Waals surface area contributed by atoms with Crippen LogP contribution in [0.3, 0.4) is 0 Å². The van der Waals surface area contributed by atoms with Crippen LogP contribution >= 0.6 is 56.8 Å². The van der Waals surface area contributed by atoms with E-state index in [1.165, 1.54) is 12.1 Å². The highest BCUT2D eigenvalue weighted by atomic mass is 127. The van der Waals surface area contributed by atoms with Crippen LogP contribution in [0, 0.1) is 28.6 Å². The number of hydrogen-bond donors (Lipinski definition) is 0. The van der Waals surface area contributed by atoms with Crippen molar-refractivity contribution < 1.29 is 9.66 Å². The molecule has 0 amide bonds. The minimum absolute atomic E-state index is 0.0521. The molecule has 0 atom stereocenters. The van der Waals surface area contributed by atoms with Gasteiger partial charge in [0.15, 0.2) is 0 Å². The van der Waals surface area contributed by atoms with E-state index in [4.69, 9.17) is 16.3 Å². The Labute approximate surface area is 205 Å². The summed E-state index contributed by atoms with van der Waals surface area (Å²) in [6.45, 7) is 0.412. The van der Waals surface area contributed by atoms with Gasteiger partial charge in [0.1, 0.15) is 12.4 Å². The van der Waals surface area contributed by atoms with Crippen molar-refractivity contribution in [2.45, 2.75) is 6.61 Å². The number of nitro benzene ring substituents is 1. The second-order valence-corrected chi connectivity index (χ2v) is 8.97. The Morgan fingerprint density at radius 2 is 1.80 bits per heavy atom. The number of nitriles is 1.